The minimum absolute atomic E-state index is 0.0259. The van der Waals surface area contributed by atoms with E-state index < -0.39 is 0 Å². The highest BCUT2D eigenvalue weighted by molar-refractivity contribution is 6.17. The van der Waals surface area contributed by atoms with E-state index in [1.54, 1.807) is 0 Å². The first kappa shape index (κ1) is 14.2. The summed E-state index contributed by atoms with van der Waals surface area (Å²) in [6.45, 7) is 3.05. The van der Waals surface area contributed by atoms with Gasteiger partial charge in [-0.1, -0.05) is 19.8 Å². The van der Waals surface area contributed by atoms with Gasteiger partial charge in [0.1, 0.15) is 0 Å². The Kier molecular flexibility index (Phi) is 4.94. The van der Waals surface area contributed by atoms with Crippen LogP contribution in [0.25, 0.3) is 0 Å². The van der Waals surface area contributed by atoms with E-state index in [0.29, 0.717) is 17.8 Å². The van der Waals surface area contributed by atoms with Crippen LogP contribution in [0.5, 0.6) is 0 Å². The maximum Gasteiger partial charge on any atom is 0.229 e. The van der Waals surface area contributed by atoms with Crippen LogP contribution in [0.1, 0.15) is 64.7 Å². The van der Waals surface area contributed by atoms with Crippen LogP contribution >= 0.6 is 11.6 Å². The molecular weight excluding hydrogens is 246 g/mol. The molecule has 2 aliphatic carbocycles. The third kappa shape index (κ3) is 2.68. The van der Waals surface area contributed by atoms with E-state index in [-0.39, 0.29) is 5.41 Å². The summed E-state index contributed by atoms with van der Waals surface area (Å²) in [5.41, 5.74) is -0.0259. The fourth-order valence-corrected chi connectivity index (χ4v) is 3.57. The summed E-state index contributed by atoms with van der Waals surface area (Å²) in [7, 11) is 0. The highest BCUT2D eigenvalue weighted by Gasteiger charge is 2.44. The van der Waals surface area contributed by atoms with Crippen LogP contribution in [0, 0.1) is 5.41 Å². The summed E-state index contributed by atoms with van der Waals surface area (Å²) in [6.07, 6.45) is 10.3. The second-order valence-corrected chi connectivity index (χ2v) is 6.34. The fourth-order valence-electron chi connectivity index (χ4n) is 3.45. The fraction of sp³-hybridized carbons (Fsp3) is 0.933. The van der Waals surface area contributed by atoms with E-state index in [9.17, 15) is 4.79 Å². The molecule has 2 rings (SSSR count). The first-order valence-electron chi connectivity index (χ1n) is 7.60. The number of hydrogen-bond acceptors (Lipinski definition) is 1. The van der Waals surface area contributed by atoms with Crippen molar-refractivity contribution in [1.29, 1.82) is 0 Å². The van der Waals surface area contributed by atoms with Gasteiger partial charge in [-0.2, -0.15) is 0 Å². The van der Waals surface area contributed by atoms with Crippen molar-refractivity contribution in [2.45, 2.75) is 70.8 Å². The maximum absolute atomic E-state index is 12.9. The van der Waals surface area contributed by atoms with Crippen molar-refractivity contribution in [3.63, 3.8) is 0 Å². The Morgan fingerprint density at radius 3 is 2.39 bits per heavy atom. The summed E-state index contributed by atoms with van der Waals surface area (Å²) in [6, 6.07) is 0.518. The normalized spacial score (nSPS) is 22.8. The maximum atomic E-state index is 12.9. The zero-order chi connectivity index (χ0) is 13.0. The molecule has 0 aromatic carbocycles. The zero-order valence-corrected chi connectivity index (χ0v) is 12.3. The molecule has 2 aliphatic rings. The van der Waals surface area contributed by atoms with E-state index in [2.05, 4.69) is 11.8 Å². The van der Waals surface area contributed by atoms with E-state index in [1.807, 2.05) is 0 Å². The summed E-state index contributed by atoms with van der Waals surface area (Å²) in [4.78, 5) is 15.1. The Labute approximate surface area is 116 Å². The monoisotopic (exact) mass is 271 g/mol. The van der Waals surface area contributed by atoms with Crippen molar-refractivity contribution in [2.24, 2.45) is 5.41 Å². The predicted octanol–water partition coefficient (Wildman–Crippen LogP) is 3.97. The van der Waals surface area contributed by atoms with Gasteiger partial charge in [0.2, 0.25) is 5.91 Å². The van der Waals surface area contributed by atoms with Gasteiger partial charge in [-0.05, 0) is 44.9 Å². The summed E-state index contributed by atoms with van der Waals surface area (Å²) >= 11 is 5.81. The zero-order valence-electron chi connectivity index (χ0n) is 11.6. The molecule has 3 heteroatoms. The average molecular weight is 272 g/mol. The lowest BCUT2D eigenvalue weighted by molar-refractivity contribution is -0.146. The van der Waals surface area contributed by atoms with E-state index >= 15 is 0 Å². The summed E-state index contributed by atoms with van der Waals surface area (Å²) in [5.74, 6) is 1.10. The molecule has 18 heavy (non-hydrogen) atoms. The Hall–Kier alpha value is -0.240. The van der Waals surface area contributed by atoms with Gasteiger partial charge in [-0.25, -0.2) is 0 Å². The molecule has 0 saturated heterocycles. The first-order chi connectivity index (χ1) is 8.73. The third-order valence-corrected chi connectivity index (χ3v) is 5.27. The van der Waals surface area contributed by atoms with Gasteiger partial charge < -0.3 is 4.90 Å². The number of nitrogens with zero attached hydrogens (tertiary/aromatic N) is 1. The lowest BCUT2D eigenvalue weighted by Crippen LogP contribution is -2.50. The Morgan fingerprint density at radius 1 is 1.28 bits per heavy atom. The highest BCUT2D eigenvalue weighted by Crippen LogP contribution is 2.43. The van der Waals surface area contributed by atoms with Gasteiger partial charge in [0, 0.05) is 23.9 Å². The molecule has 0 atom stereocenters. The van der Waals surface area contributed by atoms with E-state index in [4.69, 9.17) is 11.6 Å². The van der Waals surface area contributed by atoms with E-state index in [1.165, 1.54) is 32.1 Å². The molecule has 0 heterocycles. The van der Waals surface area contributed by atoms with Crippen LogP contribution < -0.4 is 0 Å². The van der Waals surface area contributed by atoms with Crippen LogP contribution in [-0.2, 0) is 4.79 Å². The third-order valence-electron chi connectivity index (χ3n) is 5.00. The predicted molar refractivity (Wildman–Crippen MR) is 75.9 cm³/mol. The van der Waals surface area contributed by atoms with Crippen molar-refractivity contribution in [3.8, 4) is 0 Å². The number of carbonyl (C=O) groups is 1. The number of halogens is 1. The molecule has 0 aliphatic heterocycles. The number of carbonyl (C=O) groups excluding carboxylic acids is 1. The van der Waals surface area contributed by atoms with Gasteiger partial charge in [0.05, 0.1) is 0 Å². The topological polar surface area (TPSA) is 20.3 Å². The quantitative estimate of drug-likeness (QED) is 0.670. The molecule has 104 valence electrons. The van der Waals surface area contributed by atoms with Crippen LogP contribution in [-0.4, -0.2) is 29.3 Å². The number of hydrogen-bond donors (Lipinski definition) is 0. The van der Waals surface area contributed by atoms with Gasteiger partial charge in [-0.3, -0.25) is 4.79 Å². The smallest absolute Gasteiger partial charge is 0.229 e. The van der Waals surface area contributed by atoms with Crippen LogP contribution in [0.2, 0.25) is 0 Å². The molecule has 2 saturated carbocycles. The SMILES string of the molecule is CCC1(C(=O)N(CCCCl)C2CCC2)CCCC1. The lowest BCUT2D eigenvalue weighted by Gasteiger charge is -2.42. The van der Waals surface area contributed by atoms with Crippen molar-refractivity contribution < 1.29 is 4.79 Å². The molecule has 0 N–H and O–H groups in total. The molecule has 0 unspecified atom stereocenters. The molecule has 0 aromatic rings. The van der Waals surface area contributed by atoms with E-state index in [0.717, 1.165) is 32.2 Å². The molecule has 2 fully saturated rings. The van der Waals surface area contributed by atoms with Crippen LogP contribution in [0.4, 0.5) is 0 Å². The summed E-state index contributed by atoms with van der Waals surface area (Å²) in [5, 5.41) is 0. The van der Waals surface area contributed by atoms with Gasteiger partial charge in [0.25, 0.3) is 0 Å². The summed E-state index contributed by atoms with van der Waals surface area (Å²) < 4.78 is 0. The number of rotatable bonds is 6. The molecule has 0 radical (unpaired) electrons. The second kappa shape index (κ2) is 6.27. The van der Waals surface area contributed by atoms with Crippen LogP contribution in [0.15, 0.2) is 0 Å². The second-order valence-electron chi connectivity index (χ2n) is 5.97. The number of alkyl halides is 1. The van der Waals surface area contributed by atoms with Crippen molar-refractivity contribution >= 4 is 17.5 Å². The Morgan fingerprint density at radius 2 is 1.94 bits per heavy atom. The van der Waals surface area contributed by atoms with Crippen molar-refractivity contribution in [2.75, 3.05) is 12.4 Å². The van der Waals surface area contributed by atoms with Crippen molar-refractivity contribution in [3.05, 3.63) is 0 Å². The molecule has 0 spiro atoms. The molecule has 0 bridgehead atoms. The molecular formula is C15H26ClNO. The van der Waals surface area contributed by atoms with Crippen LogP contribution in [0.3, 0.4) is 0 Å². The number of amides is 1. The molecule has 1 amide bonds. The minimum Gasteiger partial charge on any atom is -0.339 e. The van der Waals surface area contributed by atoms with Gasteiger partial charge in [-0.15, -0.1) is 11.6 Å². The van der Waals surface area contributed by atoms with Gasteiger partial charge in [0.15, 0.2) is 0 Å². The largest absolute Gasteiger partial charge is 0.339 e. The molecule has 0 aromatic heterocycles. The molecule has 2 nitrogen and oxygen atoms in total. The Bertz CT molecular complexity index is 282. The van der Waals surface area contributed by atoms with Crippen molar-refractivity contribution in [1.82, 2.24) is 4.90 Å². The Balaban J connectivity index is 2.05. The first-order valence-corrected chi connectivity index (χ1v) is 8.14. The average Bonchev–Trinajstić information content (AvgIpc) is 2.81. The minimum atomic E-state index is -0.0259. The highest BCUT2D eigenvalue weighted by atomic mass is 35.5. The standard InChI is InChI=1S/C15H26ClNO/c1-2-15(9-3-4-10-15)14(18)17(12-6-11-16)13-7-5-8-13/h13H,2-12H2,1H3. The van der Waals surface area contributed by atoms with Gasteiger partial charge >= 0.3 is 0 Å². The lowest BCUT2D eigenvalue weighted by atomic mass is 9.80.